The van der Waals surface area contributed by atoms with Gasteiger partial charge in [0.1, 0.15) is 0 Å². The van der Waals surface area contributed by atoms with Gasteiger partial charge < -0.3 is 5.32 Å². The lowest BCUT2D eigenvalue weighted by atomic mass is 9.72. The monoisotopic (exact) mass is 323 g/mol. The number of carbonyl (C=O) groups is 2. The molecule has 23 heavy (non-hydrogen) atoms. The molecule has 4 rings (SSSR count). The molecule has 0 radical (unpaired) electrons. The average Bonchev–Trinajstić information content (AvgIpc) is 2.76. The Bertz CT molecular complexity index is 929. The lowest BCUT2D eigenvalue weighted by Gasteiger charge is -2.29. The van der Waals surface area contributed by atoms with Crippen LogP contribution < -0.4 is 5.32 Å². The Labute approximate surface area is 139 Å². The normalized spacial score (nSPS) is 22.0. The van der Waals surface area contributed by atoms with Gasteiger partial charge in [0.2, 0.25) is 11.0 Å². The van der Waals surface area contributed by atoms with E-state index in [1.165, 1.54) is 35.4 Å². The number of carbonyl (C=O) groups excluding carboxylic acids is 2. The summed E-state index contributed by atoms with van der Waals surface area (Å²) in [4.78, 5) is 25.0. The van der Waals surface area contributed by atoms with Crippen LogP contribution in [0.5, 0.6) is 0 Å². The minimum Gasteiger partial charge on any atom is -0.326 e. The first-order valence-corrected chi connectivity index (χ1v) is 8.50. The summed E-state index contributed by atoms with van der Waals surface area (Å²) in [5.41, 5.74) is 3.94. The van der Waals surface area contributed by atoms with Crippen LogP contribution >= 0.6 is 11.8 Å². The number of anilines is 1. The van der Waals surface area contributed by atoms with Gasteiger partial charge in [-0.2, -0.15) is 0 Å². The van der Waals surface area contributed by atoms with Gasteiger partial charge in [-0.25, -0.2) is 0 Å². The summed E-state index contributed by atoms with van der Waals surface area (Å²) in [5, 5.41) is 5.20. The van der Waals surface area contributed by atoms with Crippen LogP contribution in [0.1, 0.15) is 38.3 Å². The maximum atomic E-state index is 12.6. The molecule has 4 heteroatoms. The Balaban J connectivity index is 2.04. The molecule has 0 spiro atoms. The number of nitrogens with one attached hydrogen (secondary N) is 1. The van der Waals surface area contributed by atoms with E-state index in [0.717, 1.165) is 27.8 Å². The molecular formula is C19H17NO2S. The molecule has 1 heterocycles. The van der Waals surface area contributed by atoms with Crippen molar-refractivity contribution in [2.24, 2.45) is 0 Å². The van der Waals surface area contributed by atoms with E-state index in [-0.39, 0.29) is 11.0 Å². The van der Waals surface area contributed by atoms with Crippen molar-refractivity contribution in [1.29, 1.82) is 0 Å². The summed E-state index contributed by atoms with van der Waals surface area (Å²) in [6.07, 6.45) is 2.94. The minimum absolute atomic E-state index is 0.0916. The summed E-state index contributed by atoms with van der Waals surface area (Å²) < 4.78 is 0. The van der Waals surface area contributed by atoms with Crippen LogP contribution in [0.15, 0.2) is 35.2 Å². The number of hydrogen-bond acceptors (Lipinski definition) is 3. The minimum atomic E-state index is -0.424. The molecule has 0 saturated carbocycles. The predicted octanol–water partition coefficient (Wildman–Crippen LogP) is 4.50. The van der Waals surface area contributed by atoms with E-state index in [1.54, 1.807) is 0 Å². The third-order valence-electron chi connectivity index (χ3n) is 4.85. The van der Waals surface area contributed by atoms with Crippen LogP contribution in [0.2, 0.25) is 0 Å². The van der Waals surface area contributed by atoms with E-state index in [1.807, 2.05) is 25.1 Å². The first-order valence-electron chi connectivity index (χ1n) is 7.68. The predicted molar refractivity (Wildman–Crippen MR) is 94.7 cm³/mol. The van der Waals surface area contributed by atoms with E-state index in [9.17, 15) is 9.59 Å². The molecule has 1 amide bonds. The molecule has 0 aromatic heterocycles. The Hall–Kier alpha value is -2.07. The molecule has 1 aliphatic carbocycles. The number of fused-ring (bicyclic) bond motifs is 2. The van der Waals surface area contributed by atoms with Gasteiger partial charge >= 0.3 is 0 Å². The summed E-state index contributed by atoms with van der Waals surface area (Å²) >= 11 is 1.35. The zero-order valence-corrected chi connectivity index (χ0v) is 14.1. The number of amides is 1. The number of allylic oxidation sites excluding steroid dienone is 2. The molecule has 3 nitrogen and oxygen atoms in total. The van der Waals surface area contributed by atoms with E-state index in [0.29, 0.717) is 0 Å². The number of thioether (sulfide) groups is 1. The van der Waals surface area contributed by atoms with E-state index in [4.69, 9.17) is 0 Å². The standard InChI is InChI=1S/C19H17NO2S/c1-10-6-7-19(3)16-14(10)8-12-4-5-13(20-11(2)21)9-15(12)17(16)23-18(19)22/h4-6,8-9H,7H2,1-3H3,(H,20,21)/t19-/m0/s1. The smallest absolute Gasteiger partial charge is 0.221 e. The van der Waals surface area contributed by atoms with Crippen LogP contribution in [0, 0.1) is 0 Å². The van der Waals surface area contributed by atoms with Gasteiger partial charge in [0.25, 0.3) is 0 Å². The maximum Gasteiger partial charge on any atom is 0.221 e. The summed E-state index contributed by atoms with van der Waals surface area (Å²) in [6.45, 7) is 5.66. The maximum absolute atomic E-state index is 12.6. The summed E-state index contributed by atoms with van der Waals surface area (Å²) in [7, 11) is 0. The van der Waals surface area contributed by atoms with Gasteiger partial charge in [-0.05, 0) is 77.7 Å². The quantitative estimate of drug-likeness (QED) is 0.841. The fourth-order valence-corrected chi connectivity index (χ4v) is 4.89. The van der Waals surface area contributed by atoms with Crippen LogP contribution in [-0.2, 0) is 15.0 Å². The number of benzene rings is 2. The molecule has 0 bridgehead atoms. The Kier molecular flexibility index (Phi) is 2.97. The molecule has 0 saturated heterocycles. The van der Waals surface area contributed by atoms with Crippen molar-refractivity contribution in [3.05, 3.63) is 41.5 Å². The largest absolute Gasteiger partial charge is 0.326 e. The van der Waals surface area contributed by atoms with Crippen molar-refractivity contribution in [2.45, 2.75) is 37.5 Å². The van der Waals surface area contributed by atoms with Crippen molar-refractivity contribution >= 4 is 44.8 Å². The van der Waals surface area contributed by atoms with Gasteiger partial charge in [-0.15, -0.1) is 0 Å². The number of hydrogen-bond donors (Lipinski definition) is 1. The second-order valence-electron chi connectivity index (χ2n) is 6.56. The van der Waals surface area contributed by atoms with Crippen LogP contribution in [0.4, 0.5) is 5.69 Å². The first kappa shape index (κ1) is 14.5. The Morgan fingerprint density at radius 1 is 1.30 bits per heavy atom. The lowest BCUT2D eigenvalue weighted by Crippen LogP contribution is -2.28. The van der Waals surface area contributed by atoms with Gasteiger partial charge in [0.15, 0.2) is 0 Å². The highest BCUT2D eigenvalue weighted by molar-refractivity contribution is 8.14. The van der Waals surface area contributed by atoms with Gasteiger partial charge in [-0.3, -0.25) is 9.59 Å². The van der Waals surface area contributed by atoms with Gasteiger partial charge in [0.05, 0.1) is 5.41 Å². The Morgan fingerprint density at radius 3 is 2.83 bits per heavy atom. The van der Waals surface area contributed by atoms with E-state index in [2.05, 4.69) is 24.4 Å². The van der Waals surface area contributed by atoms with Crippen molar-refractivity contribution in [2.75, 3.05) is 5.32 Å². The summed E-state index contributed by atoms with van der Waals surface area (Å²) in [5.74, 6) is -0.0916. The Morgan fingerprint density at radius 2 is 2.09 bits per heavy atom. The molecule has 2 aromatic rings. The molecule has 116 valence electrons. The van der Waals surface area contributed by atoms with Crippen LogP contribution in [-0.4, -0.2) is 11.0 Å². The van der Waals surface area contributed by atoms with Crippen molar-refractivity contribution in [3.8, 4) is 0 Å². The van der Waals surface area contributed by atoms with Crippen molar-refractivity contribution < 1.29 is 9.59 Å². The van der Waals surface area contributed by atoms with Crippen LogP contribution in [0.25, 0.3) is 16.3 Å². The fourth-order valence-electron chi connectivity index (χ4n) is 3.57. The number of rotatable bonds is 1. The second kappa shape index (κ2) is 4.71. The van der Waals surface area contributed by atoms with E-state index >= 15 is 0 Å². The zero-order chi connectivity index (χ0) is 16.4. The van der Waals surface area contributed by atoms with E-state index < -0.39 is 5.41 Å². The topological polar surface area (TPSA) is 46.2 Å². The molecule has 0 unspecified atom stereocenters. The third-order valence-corrected chi connectivity index (χ3v) is 6.12. The molecule has 2 aromatic carbocycles. The highest BCUT2D eigenvalue weighted by Gasteiger charge is 2.46. The van der Waals surface area contributed by atoms with Crippen molar-refractivity contribution in [3.63, 3.8) is 0 Å². The zero-order valence-electron chi connectivity index (χ0n) is 13.3. The molecule has 1 atom stereocenters. The molecule has 2 aliphatic rings. The SMILES string of the molecule is CC(=O)Nc1ccc2cc3c4c(c2c1)SC(=O)[C@@]4(C)CC=C3C. The van der Waals surface area contributed by atoms with Crippen molar-refractivity contribution in [1.82, 2.24) is 0 Å². The van der Waals surface area contributed by atoms with Gasteiger partial charge in [-0.1, -0.05) is 12.1 Å². The molecule has 1 N–H and O–H groups in total. The average molecular weight is 323 g/mol. The summed E-state index contributed by atoms with van der Waals surface area (Å²) in [6, 6.07) is 8.07. The first-order chi connectivity index (χ1) is 10.9. The highest BCUT2D eigenvalue weighted by Crippen LogP contribution is 2.55. The highest BCUT2D eigenvalue weighted by atomic mass is 32.2. The molecular weight excluding hydrogens is 306 g/mol. The lowest BCUT2D eigenvalue weighted by molar-refractivity contribution is -0.115. The third kappa shape index (κ3) is 1.98. The second-order valence-corrected chi connectivity index (χ2v) is 7.54. The molecule has 1 aliphatic heterocycles. The van der Waals surface area contributed by atoms with Crippen LogP contribution in [0.3, 0.4) is 0 Å². The van der Waals surface area contributed by atoms with Gasteiger partial charge in [0, 0.05) is 17.5 Å². The molecule has 0 fully saturated rings. The fraction of sp³-hybridized carbons (Fsp3) is 0.263.